The van der Waals surface area contributed by atoms with Crippen molar-refractivity contribution in [1.82, 2.24) is 5.32 Å². The summed E-state index contributed by atoms with van der Waals surface area (Å²) >= 11 is 0. The lowest BCUT2D eigenvalue weighted by Crippen LogP contribution is -2.46. The van der Waals surface area contributed by atoms with Crippen molar-refractivity contribution >= 4 is 18.3 Å². The molecule has 11 heavy (non-hydrogen) atoms. The Morgan fingerprint density at radius 2 is 2.18 bits per heavy atom. The number of hydrogen-bond donors (Lipinski definition) is 2. The van der Waals surface area contributed by atoms with Gasteiger partial charge < -0.3 is 11.1 Å². The van der Waals surface area contributed by atoms with Crippen LogP contribution in [-0.4, -0.2) is 18.0 Å². The van der Waals surface area contributed by atoms with E-state index in [1.165, 1.54) is 6.42 Å². The van der Waals surface area contributed by atoms with Crippen LogP contribution in [0.2, 0.25) is 0 Å². The summed E-state index contributed by atoms with van der Waals surface area (Å²) in [6.45, 7) is 1.70. The Balaban J connectivity index is 0.000001000. The fourth-order valence-electron chi connectivity index (χ4n) is 0.885. The maximum atomic E-state index is 10.9. The summed E-state index contributed by atoms with van der Waals surface area (Å²) in [4.78, 5) is 10.9. The van der Waals surface area contributed by atoms with E-state index in [1.807, 2.05) is 0 Å². The maximum Gasteiger partial charge on any atom is 0.236 e. The Hall–Kier alpha value is -0.280. The van der Waals surface area contributed by atoms with Gasteiger partial charge in [-0.05, 0) is 26.2 Å². The van der Waals surface area contributed by atoms with Crippen LogP contribution in [-0.2, 0) is 4.79 Å². The van der Waals surface area contributed by atoms with E-state index < -0.39 is 0 Å². The van der Waals surface area contributed by atoms with Gasteiger partial charge in [0.1, 0.15) is 0 Å². The van der Waals surface area contributed by atoms with Crippen LogP contribution in [0.25, 0.3) is 0 Å². The van der Waals surface area contributed by atoms with Crippen LogP contribution < -0.4 is 11.1 Å². The molecule has 0 aromatic rings. The summed E-state index contributed by atoms with van der Waals surface area (Å²) < 4.78 is 0. The molecule has 1 saturated carbocycles. The van der Waals surface area contributed by atoms with Gasteiger partial charge >= 0.3 is 0 Å². The van der Waals surface area contributed by atoms with E-state index in [-0.39, 0.29) is 24.4 Å². The van der Waals surface area contributed by atoms with Gasteiger partial charge in [-0.2, -0.15) is 0 Å². The zero-order valence-corrected chi connectivity index (χ0v) is 7.49. The van der Waals surface area contributed by atoms with E-state index in [0.717, 1.165) is 12.8 Å². The average molecular weight is 179 g/mol. The highest BCUT2D eigenvalue weighted by molar-refractivity contribution is 5.85. The summed E-state index contributed by atoms with van der Waals surface area (Å²) in [5.41, 5.74) is 5.35. The van der Waals surface area contributed by atoms with Crippen LogP contribution in [0.4, 0.5) is 0 Å². The number of hydrogen-bond acceptors (Lipinski definition) is 2. The number of rotatable bonds is 2. The molecule has 3 N–H and O–H groups in total. The van der Waals surface area contributed by atoms with Crippen molar-refractivity contribution in [3.63, 3.8) is 0 Å². The van der Waals surface area contributed by atoms with E-state index in [2.05, 4.69) is 5.32 Å². The van der Waals surface area contributed by atoms with Crippen molar-refractivity contribution in [1.29, 1.82) is 0 Å². The van der Waals surface area contributed by atoms with Crippen LogP contribution in [0.3, 0.4) is 0 Å². The molecule has 1 aliphatic carbocycles. The van der Waals surface area contributed by atoms with Gasteiger partial charge in [0.2, 0.25) is 5.91 Å². The fourth-order valence-corrected chi connectivity index (χ4v) is 0.885. The van der Waals surface area contributed by atoms with Gasteiger partial charge in [-0.3, -0.25) is 4.79 Å². The molecular weight excluding hydrogens is 164 g/mol. The Morgan fingerprint density at radius 3 is 2.45 bits per heavy atom. The number of halogens is 1. The second-order valence-corrected chi connectivity index (χ2v) is 2.93. The summed E-state index contributed by atoms with van der Waals surface area (Å²) in [6, 6.07) is 0.0547. The first-order chi connectivity index (χ1) is 4.70. The first kappa shape index (κ1) is 10.7. The van der Waals surface area contributed by atoms with E-state index in [9.17, 15) is 4.79 Å². The Labute approximate surface area is 73.1 Å². The second-order valence-electron chi connectivity index (χ2n) is 2.93. The number of carbonyl (C=O) groups is 1. The molecule has 3 nitrogen and oxygen atoms in total. The summed E-state index contributed by atoms with van der Waals surface area (Å²) in [7, 11) is 0. The first-order valence-electron chi connectivity index (χ1n) is 3.76. The Kier molecular flexibility index (Phi) is 4.45. The molecule has 1 atom stereocenters. The van der Waals surface area contributed by atoms with E-state index in [0.29, 0.717) is 6.04 Å². The zero-order valence-electron chi connectivity index (χ0n) is 6.67. The monoisotopic (exact) mass is 178 g/mol. The highest BCUT2D eigenvalue weighted by Crippen LogP contribution is 2.17. The minimum atomic E-state index is -0.361. The molecule has 1 aliphatic rings. The van der Waals surface area contributed by atoms with Crippen molar-refractivity contribution in [2.24, 2.45) is 5.73 Å². The summed E-state index contributed by atoms with van der Waals surface area (Å²) in [5, 5.41) is 2.85. The van der Waals surface area contributed by atoms with Crippen LogP contribution in [0.1, 0.15) is 26.2 Å². The summed E-state index contributed by atoms with van der Waals surface area (Å²) in [6.07, 6.45) is 3.49. The fraction of sp³-hybridized carbons (Fsp3) is 0.857. The molecule has 4 heteroatoms. The molecule has 1 fully saturated rings. The van der Waals surface area contributed by atoms with Crippen LogP contribution >= 0.6 is 12.4 Å². The lowest BCUT2D eigenvalue weighted by molar-refractivity contribution is -0.123. The molecule has 1 rings (SSSR count). The zero-order chi connectivity index (χ0) is 7.56. The highest BCUT2D eigenvalue weighted by Gasteiger charge is 2.20. The van der Waals surface area contributed by atoms with Gasteiger partial charge in [0, 0.05) is 6.04 Å². The van der Waals surface area contributed by atoms with Gasteiger partial charge in [-0.25, -0.2) is 0 Å². The predicted octanol–water partition coefficient (Wildman–Crippen LogP) is 0.424. The second kappa shape index (κ2) is 4.57. The number of nitrogens with one attached hydrogen (secondary N) is 1. The number of amides is 1. The minimum Gasteiger partial charge on any atom is -0.352 e. The van der Waals surface area contributed by atoms with Crippen molar-refractivity contribution < 1.29 is 4.79 Å². The molecule has 1 amide bonds. The van der Waals surface area contributed by atoms with Gasteiger partial charge in [0.15, 0.2) is 0 Å². The van der Waals surface area contributed by atoms with Gasteiger partial charge in [0.05, 0.1) is 6.04 Å². The smallest absolute Gasteiger partial charge is 0.236 e. The number of carbonyl (C=O) groups excluding carboxylic acids is 1. The topological polar surface area (TPSA) is 55.1 Å². The SMILES string of the molecule is CC(N)C(=O)NC1CCC1.Cl. The normalized spacial score (nSPS) is 19.5. The largest absolute Gasteiger partial charge is 0.352 e. The van der Waals surface area contributed by atoms with Gasteiger partial charge in [-0.1, -0.05) is 0 Å². The number of nitrogens with two attached hydrogens (primary N) is 1. The maximum absolute atomic E-state index is 10.9. The molecule has 0 heterocycles. The van der Waals surface area contributed by atoms with Crippen molar-refractivity contribution in [3.05, 3.63) is 0 Å². The van der Waals surface area contributed by atoms with Gasteiger partial charge in [0.25, 0.3) is 0 Å². The van der Waals surface area contributed by atoms with Crippen molar-refractivity contribution in [3.8, 4) is 0 Å². The van der Waals surface area contributed by atoms with Crippen molar-refractivity contribution in [2.45, 2.75) is 38.3 Å². The molecule has 0 aromatic carbocycles. The Bertz CT molecular complexity index is 134. The highest BCUT2D eigenvalue weighted by atomic mass is 35.5. The summed E-state index contributed by atoms with van der Waals surface area (Å²) in [5.74, 6) is -0.0234. The molecule has 0 bridgehead atoms. The van der Waals surface area contributed by atoms with Crippen molar-refractivity contribution in [2.75, 3.05) is 0 Å². The van der Waals surface area contributed by atoms with Crippen LogP contribution in [0, 0.1) is 0 Å². The first-order valence-corrected chi connectivity index (χ1v) is 3.76. The lowest BCUT2D eigenvalue weighted by atomic mass is 9.93. The van der Waals surface area contributed by atoms with Crippen LogP contribution in [0.15, 0.2) is 0 Å². The molecule has 1 unspecified atom stereocenters. The van der Waals surface area contributed by atoms with E-state index >= 15 is 0 Å². The predicted molar refractivity (Wildman–Crippen MR) is 46.7 cm³/mol. The third-order valence-electron chi connectivity index (χ3n) is 1.87. The molecule has 0 saturated heterocycles. The Morgan fingerprint density at radius 1 is 1.64 bits per heavy atom. The van der Waals surface area contributed by atoms with Crippen LogP contribution in [0.5, 0.6) is 0 Å². The molecule has 0 aliphatic heterocycles. The minimum absolute atomic E-state index is 0. The standard InChI is InChI=1S/C7H14N2O.ClH/c1-5(8)7(10)9-6-3-2-4-6;/h5-6H,2-4,8H2,1H3,(H,9,10);1H. The molecular formula is C7H15ClN2O. The average Bonchev–Trinajstić information content (AvgIpc) is 1.77. The third kappa shape index (κ3) is 3.08. The van der Waals surface area contributed by atoms with E-state index in [1.54, 1.807) is 6.92 Å². The molecule has 0 radical (unpaired) electrons. The van der Waals surface area contributed by atoms with E-state index in [4.69, 9.17) is 5.73 Å². The third-order valence-corrected chi connectivity index (χ3v) is 1.87. The molecule has 66 valence electrons. The molecule has 0 spiro atoms. The quantitative estimate of drug-likeness (QED) is 0.644. The molecule has 0 aromatic heterocycles. The van der Waals surface area contributed by atoms with Gasteiger partial charge in [-0.15, -0.1) is 12.4 Å². The lowest BCUT2D eigenvalue weighted by Gasteiger charge is -2.27.